The van der Waals surface area contributed by atoms with Crippen LogP contribution in [-0.2, 0) is 4.74 Å². The monoisotopic (exact) mass is 357 g/mol. The Hall–Kier alpha value is -1.95. The summed E-state index contributed by atoms with van der Waals surface area (Å²) >= 11 is 1.73. The highest BCUT2D eigenvalue weighted by molar-refractivity contribution is 7.98. The van der Waals surface area contributed by atoms with Gasteiger partial charge in [0.25, 0.3) is 0 Å². The number of ether oxygens (including phenoxy) is 1. The molecule has 1 amide bonds. The van der Waals surface area contributed by atoms with Crippen molar-refractivity contribution in [1.29, 1.82) is 0 Å². The molecule has 1 atom stereocenters. The van der Waals surface area contributed by atoms with E-state index in [-0.39, 0.29) is 6.09 Å². The number of carbonyl (C=O) groups excluding carboxylic acids is 1. The van der Waals surface area contributed by atoms with Gasteiger partial charge in [-0.15, -0.1) is 11.8 Å². The van der Waals surface area contributed by atoms with Crippen LogP contribution < -0.4 is 4.90 Å². The smallest absolute Gasteiger partial charge is 0.410 e. The molecule has 132 valence electrons. The van der Waals surface area contributed by atoms with E-state index in [2.05, 4.69) is 42.3 Å². The van der Waals surface area contributed by atoms with Crippen molar-refractivity contribution in [3.63, 3.8) is 0 Å². The SMILES string of the molecule is CSc1ccc2c(C)cc(N3CCC[C@@]4(CN(C)C(=O)O4)C3)nc2c1. The van der Waals surface area contributed by atoms with Gasteiger partial charge in [0.2, 0.25) is 0 Å². The van der Waals surface area contributed by atoms with Crippen molar-refractivity contribution in [3.05, 3.63) is 29.8 Å². The number of hydrogen-bond donors (Lipinski definition) is 0. The summed E-state index contributed by atoms with van der Waals surface area (Å²) in [5.41, 5.74) is 1.87. The first-order valence-electron chi connectivity index (χ1n) is 8.64. The molecule has 0 N–H and O–H groups in total. The Morgan fingerprint density at radius 2 is 2.12 bits per heavy atom. The Labute approximate surface area is 152 Å². The zero-order chi connectivity index (χ0) is 17.6. The fourth-order valence-electron chi connectivity index (χ4n) is 3.95. The summed E-state index contributed by atoms with van der Waals surface area (Å²) in [7, 11) is 1.80. The molecule has 2 saturated heterocycles. The summed E-state index contributed by atoms with van der Waals surface area (Å²) in [5.74, 6) is 0.980. The van der Waals surface area contributed by atoms with E-state index in [1.165, 1.54) is 15.8 Å². The molecule has 25 heavy (non-hydrogen) atoms. The van der Waals surface area contributed by atoms with Crippen LogP contribution in [0.5, 0.6) is 0 Å². The summed E-state index contributed by atoms with van der Waals surface area (Å²) in [6.07, 6.45) is 3.79. The Balaban J connectivity index is 1.68. The third-order valence-corrected chi connectivity index (χ3v) is 5.94. The number of thioether (sulfide) groups is 1. The summed E-state index contributed by atoms with van der Waals surface area (Å²) in [6, 6.07) is 8.60. The number of fused-ring (bicyclic) bond motifs is 1. The molecule has 3 heterocycles. The third kappa shape index (κ3) is 2.92. The van der Waals surface area contributed by atoms with Crippen LogP contribution in [0.15, 0.2) is 29.2 Å². The molecule has 1 aromatic carbocycles. The number of hydrogen-bond acceptors (Lipinski definition) is 5. The van der Waals surface area contributed by atoms with Crippen molar-refractivity contribution in [2.45, 2.75) is 30.3 Å². The fourth-order valence-corrected chi connectivity index (χ4v) is 4.39. The first-order chi connectivity index (χ1) is 12.0. The third-order valence-electron chi connectivity index (χ3n) is 5.21. The van der Waals surface area contributed by atoms with Crippen LogP contribution >= 0.6 is 11.8 Å². The summed E-state index contributed by atoms with van der Waals surface area (Å²) in [6.45, 7) is 4.45. The molecule has 0 unspecified atom stereocenters. The van der Waals surface area contributed by atoms with E-state index in [9.17, 15) is 4.79 Å². The predicted octanol–water partition coefficient (Wildman–Crippen LogP) is 3.69. The van der Waals surface area contributed by atoms with Crippen molar-refractivity contribution in [3.8, 4) is 0 Å². The quantitative estimate of drug-likeness (QED) is 0.767. The molecule has 2 fully saturated rings. The van der Waals surface area contributed by atoms with Gasteiger partial charge in [0.05, 0.1) is 18.6 Å². The number of piperidine rings is 1. The molecule has 1 aromatic heterocycles. The van der Waals surface area contributed by atoms with E-state index in [0.717, 1.165) is 30.7 Å². The second kappa shape index (κ2) is 6.09. The Morgan fingerprint density at radius 1 is 1.28 bits per heavy atom. The average Bonchev–Trinajstić information content (AvgIpc) is 2.87. The lowest BCUT2D eigenvalue weighted by atomic mass is 9.92. The Morgan fingerprint density at radius 3 is 2.84 bits per heavy atom. The molecule has 0 saturated carbocycles. The van der Waals surface area contributed by atoms with Gasteiger partial charge < -0.3 is 14.5 Å². The topological polar surface area (TPSA) is 45.7 Å². The van der Waals surface area contributed by atoms with Gasteiger partial charge in [-0.25, -0.2) is 9.78 Å². The van der Waals surface area contributed by atoms with Gasteiger partial charge in [0.15, 0.2) is 0 Å². The summed E-state index contributed by atoms with van der Waals surface area (Å²) in [5, 5.41) is 1.19. The van der Waals surface area contributed by atoms with Crippen LogP contribution in [0, 0.1) is 6.92 Å². The van der Waals surface area contributed by atoms with E-state index < -0.39 is 5.60 Å². The summed E-state index contributed by atoms with van der Waals surface area (Å²) < 4.78 is 5.72. The number of benzene rings is 1. The van der Waals surface area contributed by atoms with Crippen molar-refractivity contribution in [2.75, 3.05) is 37.8 Å². The van der Waals surface area contributed by atoms with Gasteiger partial charge in [-0.1, -0.05) is 6.07 Å². The van der Waals surface area contributed by atoms with Crippen molar-refractivity contribution < 1.29 is 9.53 Å². The normalized spacial score (nSPS) is 23.6. The maximum absolute atomic E-state index is 11.9. The van der Waals surface area contributed by atoms with Crippen LogP contribution in [0.3, 0.4) is 0 Å². The van der Waals surface area contributed by atoms with Crippen molar-refractivity contribution >= 4 is 34.6 Å². The summed E-state index contributed by atoms with van der Waals surface area (Å²) in [4.78, 5) is 21.9. The average molecular weight is 357 g/mol. The largest absolute Gasteiger partial charge is 0.439 e. The number of aryl methyl sites for hydroxylation is 1. The highest BCUT2D eigenvalue weighted by atomic mass is 32.2. The minimum absolute atomic E-state index is 0.214. The van der Waals surface area contributed by atoms with E-state index in [4.69, 9.17) is 9.72 Å². The van der Waals surface area contributed by atoms with Gasteiger partial charge in [0.1, 0.15) is 11.4 Å². The van der Waals surface area contributed by atoms with Crippen LogP contribution in [0.4, 0.5) is 10.6 Å². The maximum atomic E-state index is 11.9. The molecular formula is C19H23N3O2S. The predicted molar refractivity (Wildman–Crippen MR) is 102 cm³/mol. The minimum atomic E-state index is -0.393. The number of pyridine rings is 1. The molecule has 0 aliphatic carbocycles. The zero-order valence-corrected chi connectivity index (χ0v) is 15.7. The minimum Gasteiger partial charge on any atom is -0.439 e. The molecule has 1 spiro atoms. The number of rotatable bonds is 2. The van der Waals surface area contributed by atoms with Gasteiger partial charge in [-0.2, -0.15) is 0 Å². The van der Waals surface area contributed by atoms with Crippen molar-refractivity contribution in [2.24, 2.45) is 0 Å². The van der Waals surface area contributed by atoms with Crippen LogP contribution in [0.2, 0.25) is 0 Å². The second-order valence-electron chi connectivity index (χ2n) is 7.11. The molecule has 0 bridgehead atoms. The number of carbonyl (C=O) groups is 1. The Bertz CT molecular complexity index is 841. The first-order valence-corrected chi connectivity index (χ1v) is 9.87. The van der Waals surface area contributed by atoms with Crippen LogP contribution in [-0.4, -0.2) is 54.5 Å². The lowest BCUT2D eigenvalue weighted by Gasteiger charge is -2.39. The van der Waals surface area contributed by atoms with E-state index in [1.54, 1.807) is 23.7 Å². The van der Waals surface area contributed by atoms with E-state index in [0.29, 0.717) is 13.1 Å². The standard InChI is InChI=1S/C19H23N3O2S/c1-13-9-17(20-16-10-14(25-3)5-6-15(13)16)22-8-4-7-19(12-22)11-21(2)18(23)24-19/h5-6,9-10H,4,7-8,11-12H2,1-3H3/t19-/m1/s1. The van der Waals surface area contributed by atoms with Gasteiger partial charge >= 0.3 is 6.09 Å². The Kier molecular flexibility index (Phi) is 4.02. The molecule has 2 aromatic rings. The van der Waals surface area contributed by atoms with Gasteiger partial charge in [-0.3, -0.25) is 0 Å². The van der Waals surface area contributed by atoms with Crippen LogP contribution in [0.25, 0.3) is 10.9 Å². The molecule has 2 aliphatic rings. The fraction of sp³-hybridized carbons (Fsp3) is 0.474. The number of nitrogens with zero attached hydrogens (tertiary/aromatic N) is 3. The van der Waals surface area contributed by atoms with Crippen LogP contribution in [0.1, 0.15) is 18.4 Å². The number of amides is 1. The molecule has 2 aliphatic heterocycles. The highest BCUT2D eigenvalue weighted by Gasteiger charge is 2.46. The maximum Gasteiger partial charge on any atom is 0.410 e. The highest BCUT2D eigenvalue weighted by Crippen LogP contribution is 2.34. The number of likely N-dealkylation sites (N-methyl/N-ethyl adjacent to an activating group) is 1. The van der Waals surface area contributed by atoms with Gasteiger partial charge in [-0.05, 0) is 49.8 Å². The molecular weight excluding hydrogens is 334 g/mol. The number of aromatic nitrogens is 1. The zero-order valence-electron chi connectivity index (χ0n) is 14.9. The van der Waals surface area contributed by atoms with E-state index >= 15 is 0 Å². The lowest BCUT2D eigenvalue weighted by molar-refractivity contribution is 0.0445. The van der Waals surface area contributed by atoms with E-state index in [1.807, 2.05) is 0 Å². The van der Waals surface area contributed by atoms with Gasteiger partial charge in [0, 0.05) is 23.9 Å². The van der Waals surface area contributed by atoms with Crippen molar-refractivity contribution in [1.82, 2.24) is 9.88 Å². The molecule has 4 rings (SSSR count). The molecule has 6 heteroatoms. The second-order valence-corrected chi connectivity index (χ2v) is 7.99. The number of anilines is 1. The first kappa shape index (κ1) is 16.5. The molecule has 5 nitrogen and oxygen atoms in total. The lowest BCUT2D eigenvalue weighted by Crippen LogP contribution is -2.50. The molecule has 0 radical (unpaired) electrons.